The summed E-state index contributed by atoms with van der Waals surface area (Å²) in [6.07, 6.45) is 5.41. The SMILES string of the molecule is C=CN=C/C(=C\C)c1cccc(C)c1. The van der Waals surface area contributed by atoms with E-state index in [2.05, 4.69) is 42.8 Å². The zero-order chi connectivity index (χ0) is 10.4. The monoisotopic (exact) mass is 185 g/mol. The summed E-state index contributed by atoms with van der Waals surface area (Å²) >= 11 is 0. The van der Waals surface area contributed by atoms with Gasteiger partial charge < -0.3 is 0 Å². The Labute approximate surface area is 85.5 Å². The van der Waals surface area contributed by atoms with Gasteiger partial charge in [0, 0.05) is 12.4 Å². The maximum Gasteiger partial charge on any atom is 0.0342 e. The molecule has 72 valence electrons. The van der Waals surface area contributed by atoms with Crippen molar-refractivity contribution in [2.24, 2.45) is 4.99 Å². The number of benzene rings is 1. The molecular weight excluding hydrogens is 170 g/mol. The van der Waals surface area contributed by atoms with Gasteiger partial charge in [0.1, 0.15) is 0 Å². The Morgan fingerprint density at radius 2 is 2.21 bits per heavy atom. The van der Waals surface area contributed by atoms with Gasteiger partial charge in [-0.15, -0.1) is 0 Å². The molecule has 1 nitrogen and oxygen atoms in total. The smallest absolute Gasteiger partial charge is 0.0342 e. The number of rotatable bonds is 3. The number of aryl methyl sites for hydroxylation is 1. The molecule has 1 rings (SSSR count). The Morgan fingerprint density at radius 3 is 2.79 bits per heavy atom. The topological polar surface area (TPSA) is 12.4 Å². The second kappa shape index (κ2) is 5.18. The van der Waals surface area contributed by atoms with E-state index in [4.69, 9.17) is 0 Å². The Hall–Kier alpha value is -1.63. The highest BCUT2D eigenvalue weighted by molar-refractivity contribution is 6.09. The summed E-state index contributed by atoms with van der Waals surface area (Å²) in [4.78, 5) is 4.02. The van der Waals surface area contributed by atoms with Gasteiger partial charge in [-0.1, -0.05) is 42.5 Å². The van der Waals surface area contributed by atoms with Gasteiger partial charge >= 0.3 is 0 Å². The molecule has 0 heterocycles. The van der Waals surface area contributed by atoms with Crippen LogP contribution in [0.4, 0.5) is 0 Å². The highest BCUT2D eigenvalue weighted by Crippen LogP contribution is 2.13. The van der Waals surface area contributed by atoms with Gasteiger partial charge in [-0.05, 0) is 25.0 Å². The van der Waals surface area contributed by atoms with E-state index >= 15 is 0 Å². The normalized spacial score (nSPS) is 12.0. The van der Waals surface area contributed by atoms with E-state index in [1.165, 1.54) is 11.1 Å². The number of hydrogen-bond donors (Lipinski definition) is 0. The largest absolute Gasteiger partial charge is 0.265 e. The third-order valence-electron chi connectivity index (χ3n) is 1.98. The lowest BCUT2D eigenvalue weighted by Crippen LogP contribution is -1.86. The van der Waals surface area contributed by atoms with Gasteiger partial charge in [0.2, 0.25) is 0 Å². The van der Waals surface area contributed by atoms with Gasteiger partial charge in [-0.2, -0.15) is 0 Å². The molecule has 1 aromatic rings. The molecule has 0 aliphatic rings. The van der Waals surface area contributed by atoms with E-state index in [-0.39, 0.29) is 0 Å². The van der Waals surface area contributed by atoms with E-state index < -0.39 is 0 Å². The first kappa shape index (κ1) is 10.5. The van der Waals surface area contributed by atoms with Crippen LogP contribution in [0, 0.1) is 6.92 Å². The lowest BCUT2D eigenvalue weighted by Gasteiger charge is -2.01. The molecule has 1 aromatic carbocycles. The van der Waals surface area contributed by atoms with Crippen molar-refractivity contribution in [3.63, 3.8) is 0 Å². The minimum Gasteiger partial charge on any atom is -0.265 e. The standard InChI is InChI=1S/C13H15N/c1-4-12(10-14-5-2)13-8-6-7-11(3)9-13/h4-10H,2H2,1,3H3/b12-4+,14-10?. The highest BCUT2D eigenvalue weighted by atomic mass is 14.7. The van der Waals surface area contributed by atoms with Gasteiger partial charge in [-0.3, -0.25) is 4.99 Å². The summed E-state index contributed by atoms with van der Waals surface area (Å²) in [5.74, 6) is 0. The van der Waals surface area contributed by atoms with Crippen LogP contribution in [0.2, 0.25) is 0 Å². The summed E-state index contributed by atoms with van der Waals surface area (Å²) in [5, 5.41) is 0. The molecule has 0 amide bonds. The molecule has 0 bridgehead atoms. The third-order valence-corrected chi connectivity index (χ3v) is 1.98. The molecule has 0 radical (unpaired) electrons. The predicted molar refractivity (Wildman–Crippen MR) is 63.5 cm³/mol. The van der Waals surface area contributed by atoms with Crippen molar-refractivity contribution in [1.82, 2.24) is 0 Å². The van der Waals surface area contributed by atoms with Crippen molar-refractivity contribution in [2.75, 3.05) is 0 Å². The zero-order valence-corrected chi connectivity index (χ0v) is 8.70. The van der Waals surface area contributed by atoms with Crippen LogP contribution in [0.3, 0.4) is 0 Å². The number of hydrogen-bond acceptors (Lipinski definition) is 1. The molecule has 0 aliphatic carbocycles. The van der Waals surface area contributed by atoms with Gasteiger partial charge in [-0.25, -0.2) is 0 Å². The van der Waals surface area contributed by atoms with Crippen LogP contribution < -0.4 is 0 Å². The molecule has 0 aliphatic heterocycles. The van der Waals surface area contributed by atoms with Crippen LogP contribution in [-0.2, 0) is 0 Å². The Kier molecular flexibility index (Phi) is 3.86. The molecule has 0 N–H and O–H groups in total. The van der Waals surface area contributed by atoms with E-state index in [9.17, 15) is 0 Å². The molecule has 0 saturated carbocycles. The van der Waals surface area contributed by atoms with Crippen molar-refractivity contribution in [1.29, 1.82) is 0 Å². The first-order chi connectivity index (χ1) is 6.77. The summed E-state index contributed by atoms with van der Waals surface area (Å²) in [6.45, 7) is 7.64. The van der Waals surface area contributed by atoms with E-state index in [1.807, 2.05) is 19.2 Å². The van der Waals surface area contributed by atoms with Crippen LogP contribution in [0.15, 0.2) is 48.1 Å². The lowest BCUT2D eigenvalue weighted by molar-refractivity contribution is 1.45. The molecule has 0 saturated heterocycles. The van der Waals surface area contributed by atoms with E-state index in [0.29, 0.717) is 0 Å². The number of nitrogens with zero attached hydrogens (tertiary/aromatic N) is 1. The quantitative estimate of drug-likeness (QED) is 0.638. The van der Waals surface area contributed by atoms with Crippen molar-refractivity contribution in [3.05, 3.63) is 54.2 Å². The fourth-order valence-electron chi connectivity index (χ4n) is 1.27. The maximum atomic E-state index is 4.02. The summed E-state index contributed by atoms with van der Waals surface area (Å²) in [5.41, 5.74) is 3.57. The summed E-state index contributed by atoms with van der Waals surface area (Å²) < 4.78 is 0. The Morgan fingerprint density at radius 1 is 1.43 bits per heavy atom. The van der Waals surface area contributed by atoms with Crippen LogP contribution in [0.5, 0.6) is 0 Å². The fourth-order valence-corrected chi connectivity index (χ4v) is 1.27. The average Bonchev–Trinajstić information content (AvgIpc) is 2.19. The van der Waals surface area contributed by atoms with Crippen molar-refractivity contribution in [3.8, 4) is 0 Å². The molecular formula is C13H15N. The first-order valence-electron chi connectivity index (χ1n) is 4.65. The summed E-state index contributed by atoms with van der Waals surface area (Å²) in [7, 11) is 0. The second-order valence-electron chi connectivity index (χ2n) is 3.07. The van der Waals surface area contributed by atoms with E-state index in [1.54, 1.807) is 6.20 Å². The van der Waals surface area contributed by atoms with Crippen LogP contribution >= 0.6 is 0 Å². The molecule has 0 fully saturated rings. The molecule has 0 aromatic heterocycles. The average molecular weight is 185 g/mol. The molecule has 0 spiro atoms. The summed E-state index contributed by atoms with van der Waals surface area (Å²) in [6, 6.07) is 8.36. The molecule has 14 heavy (non-hydrogen) atoms. The zero-order valence-electron chi connectivity index (χ0n) is 8.70. The van der Waals surface area contributed by atoms with Crippen LogP contribution in [-0.4, -0.2) is 6.21 Å². The van der Waals surface area contributed by atoms with E-state index in [0.717, 1.165) is 5.57 Å². The Balaban J connectivity index is 3.02. The van der Waals surface area contributed by atoms with Gasteiger partial charge in [0.25, 0.3) is 0 Å². The van der Waals surface area contributed by atoms with Gasteiger partial charge in [0.05, 0.1) is 0 Å². The lowest BCUT2D eigenvalue weighted by atomic mass is 10.0. The van der Waals surface area contributed by atoms with Crippen molar-refractivity contribution in [2.45, 2.75) is 13.8 Å². The van der Waals surface area contributed by atoms with Crippen molar-refractivity contribution >= 4 is 11.8 Å². The van der Waals surface area contributed by atoms with Crippen LogP contribution in [0.25, 0.3) is 5.57 Å². The fraction of sp³-hybridized carbons (Fsp3) is 0.154. The van der Waals surface area contributed by atoms with Gasteiger partial charge in [0.15, 0.2) is 0 Å². The molecule has 1 heteroatoms. The second-order valence-corrected chi connectivity index (χ2v) is 3.07. The Bertz CT molecular complexity index is 373. The van der Waals surface area contributed by atoms with Crippen molar-refractivity contribution < 1.29 is 0 Å². The third kappa shape index (κ3) is 2.70. The highest BCUT2D eigenvalue weighted by Gasteiger charge is 1.96. The number of aliphatic imine (C=N–C) groups is 1. The molecule has 0 atom stereocenters. The van der Waals surface area contributed by atoms with Crippen LogP contribution in [0.1, 0.15) is 18.1 Å². The first-order valence-corrected chi connectivity index (χ1v) is 4.65. The minimum absolute atomic E-state index is 1.12. The molecule has 0 unspecified atom stereocenters. The predicted octanol–water partition coefficient (Wildman–Crippen LogP) is 3.61. The minimum atomic E-state index is 1.12. The number of allylic oxidation sites excluding steroid dienone is 2. The maximum absolute atomic E-state index is 4.02.